The Morgan fingerprint density at radius 3 is 2.72 bits per heavy atom. The van der Waals surface area contributed by atoms with Gasteiger partial charge in [-0.2, -0.15) is 4.31 Å². The molecule has 0 aliphatic carbocycles. The SMILES string of the molecule is COc1ccc2nc(N(CC3CCCO3)C(=O)C3CCCN(S(=O)(=O)c4ccc(C)cc4)C3)sc2c1. The number of thiazole rings is 1. The van der Waals surface area contributed by atoms with Crippen LogP contribution in [0.4, 0.5) is 5.13 Å². The van der Waals surface area contributed by atoms with Gasteiger partial charge in [0, 0.05) is 19.7 Å². The first kappa shape index (κ1) is 25.1. The second-order valence-electron chi connectivity index (χ2n) is 9.43. The van der Waals surface area contributed by atoms with Crippen molar-refractivity contribution in [3.63, 3.8) is 0 Å². The Bertz CT molecular complexity index is 1330. The molecule has 2 aliphatic rings. The van der Waals surface area contributed by atoms with Crippen molar-refractivity contribution in [2.75, 3.05) is 38.3 Å². The molecule has 2 aliphatic heterocycles. The van der Waals surface area contributed by atoms with Crippen LogP contribution in [-0.2, 0) is 19.6 Å². The van der Waals surface area contributed by atoms with E-state index in [0.29, 0.717) is 37.7 Å². The molecule has 2 fully saturated rings. The molecule has 10 heteroatoms. The highest BCUT2D eigenvalue weighted by Gasteiger charge is 2.37. The predicted octanol–water partition coefficient (Wildman–Crippen LogP) is 4.23. The van der Waals surface area contributed by atoms with Crippen molar-refractivity contribution >= 4 is 42.6 Å². The molecule has 2 unspecified atom stereocenters. The molecular weight excluding hydrogens is 498 g/mol. The standard InChI is InChI=1S/C26H31N3O5S2/c1-18-7-10-22(11-8-18)36(31,32)28-13-3-5-19(16-28)25(30)29(17-21-6-4-14-34-21)26-27-23-12-9-20(33-2)15-24(23)35-26/h7-12,15,19,21H,3-6,13-14,16-17H2,1-2H3. The summed E-state index contributed by atoms with van der Waals surface area (Å²) >= 11 is 1.44. The van der Waals surface area contributed by atoms with Crippen molar-refractivity contribution in [3.05, 3.63) is 48.0 Å². The van der Waals surface area contributed by atoms with Gasteiger partial charge in [0.15, 0.2) is 5.13 Å². The van der Waals surface area contributed by atoms with Crippen LogP contribution in [0.25, 0.3) is 10.2 Å². The maximum atomic E-state index is 13.9. The second kappa shape index (κ2) is 10.5. The number of rotatable bonds is 7. The first-order chi connectivity index (χ1) is 17.3. The first-order valence-corrected chi connectivity index (χ1v) is 14.5. The number of anilines is 1. The van der Waals surface area contributed by atoms with E-state index < -0.39 is 15.9 Å². The van der Waals surface area contributed by atoms with E-state index in [0.717, 1.165) is 34.4 Å². The zero-order chi connectivity index (χ0) is 25.3. The van der Waals surface area contributed by atoms with E-state index >= 15 is 0 Å². The molecule has 3 aromatic rings. The number of carbonyl (C=O) groups is 1. The summed E-state index contributed by atoms with van der Waals surface area (Å²) in [6.07, 6.45) is 3.08. The Kier molecular flexibility index (Phi) is 7.30. The smallest absolute Gasteiger partial charge is 0.243 e. The quantitative estimate of drug-likeness (QED) is 0.455. The number of methoxy groups -OCH3 is 1. The topological polar surface area (TPSA) is 89.0 Å². The molecule has 1 aromatic heterocycles. The van der Waals surface area contributed by atoms with Crippen molar-refractivity contribution < 1.29 is 22.7 Å². The summed E-state index contributed by atoms with van der Waals surface area (Å²) in [6.45, 7) is 3.60. The molecule has 0 bridgehead atoms. The van der Waals surface area contributed by atoms with Gasteiger partial charge in [0.2, 0.25) is 15.9 Å². The van der Waals surface area contributed by atoms with Crippen LogP contribution in [0.15, 0.2) is 47.4 Å². The fourth-order valence-electron chi connectivity index (χ4n) is 4.83. The molecule has 5 rings (SSSR count). The van der Waals surface area contributed by atoms with Gasteiger partial charge in [0.25, 0.3) is 0 Å². The highest BCUT2D eigenvalue weighted by atomic mass is 32.2. The number of benzene rings is 2. The molecule has 0 spiro atoms. The number of sulfonamides is 1. The minimum atomic E-state index is -3.68. The number of ether oxygens (including phenoxy) is 2. The maximum Gasteiger partial charge on any atom is 0.243 e. The van der Waals surface area contributed by atoms with Crippen molar-refractivity contribution in [2.24, 2.45) is 5.92 Å². The van der Waals surface area contributed by atoms with Gasteiger partial charge in [-0.3, -0.25) is 9.69 Å². The molecule has 8 nitrogen and oxygen atoms in total. The summed E-state index contributed by atoms with van der Waals surface area (Å²) in [5, 5.41) is 0.609. The zero-order valence-electron chi connectivity index (χ0n) is 20.6. The summed E-state index contributed by atoms with van der Waals surface area (Å²) in [7, 11) is -2.05. The van der Waals surface area contributed by atoms with Gasteiger partial charge in [0.1, 0.15) is 5.75 Å². The van der Waals surface area contributed by atoms with Gasteiger partial charge < -0.3 is 9.47 Å². The van der Waals surface area contributed by atoms with Gasteiger partial charge in [-0.15, -0.1) is 0 Å². The Labute approximate surface area is 215 Å². The molecule has 36 heavy (non-hydrogen) atoms. The van der Waals surface area contributed by atoms with Gasteiger partial charge in [-0.1, -0.05) is 29.0 Å². The van der Waals surface area contributed by atoms with Crippen LogP contribution < -0.4 is 9.64 Å². The van der Waals surface area contributed by atoms with Crippen molar-refractivity contribution in [3.8, 4) is 5.75 Å². The van der Waals surface area contributed by atoms with Crippen LogP contribution in [0.2, 0.25) is 0 Å². The lowest BCUT2D eigenvalue weighted by molar-refractivity contribution is -0.123. The number of aromatic nitrogens is 1. The fourth-order valence-corrected chi connectivity index (χ4v) is 7.36. The van der Waals surface area contributed by atoms with Crippen molar-refractivity contribution in [1.82, 2.24) is 9.29 Å². The zero-order valence-corrected chi connectivity index (χ0v) is 22.2. The van der Waals surface area contributed by atoms with Crippen molar-refractivity contribution in [2.45, 2.75) is 43.6 Å². The average molecular weight is 530 g/mol. The van der Waals surface area contributed by atoms with Crippen LogP contribution in [0.5, 0.6) is 5.75 Å². The number of carbonyl (C=O) groups excluding carboxylic acids is 1. The lowest BCUT2D eigenvalue weighted by atomic mass is 9.98. The van der Waals surface area contributed by atoms with Gasteiger partial charge in [0.05, 0.1) is 40.8 Å². The minimum Gasteiger partial charge on any atom is -0.497 e. The Morgan fingerprint density at radius 1 is 1.19 bits per heavy atom. The third kappa shape index (κ3) is 5.13. The summed E-state index contributed by atoms with van der Waals surface area (Å²) in [4.78, 5) is 20.7. The molecule has 2 saturated heterocycles. The number of nitrogens with zero attached hydrogens (tertiary/aromatic N) is 3. The highest BCUT2D eigenvalue weighted by molar-refractivity contribution is 7.89. The molecule has 0 N–H and O–H groups in total. The Balaban J connectivity index is 1.41. The summed E-state index contributed by atoms with van der Waals surface area (Å²) in [5.74, 6) is 0.196. The third-order valence-corrected chi connectivity index (χ3v) is 9.80. The van der Waals surface area contributed by atoms with Crippen LogP contribution in [-0.4, -0.2) is 63.1 Å². The van der Waals surface area contributed by atoms with Crippen molar-refractivity contribution in [1.29, 1.82) is 0 Å². The number of fused-ring (bicyclic) bond motifs is 1. The van der Waals surface area contributed by atoms with Crippen LogP contribution in [0.3, 0.4) is 0 Å². The van der Waals surface area contributed by atoms with E-state index in [1.807, 2.05) is 25.1 Å². The van der Waals surface area contributed by atoms with E-state index in [1.165, 1.54) is 15.6 Å². The molecule has 3 heterocycles. The second-order valence-corrected chi connectivity index (χ2v) is 12.4. The molecule has 0 saturated carbocycles. The predicted molar refractivity (Wildman–Crippen MR) is 140 cm³/mol. The van der Waals surface area contributed by atoms with Crippen LogP contribution in [0.1, 0.15) is 31.2 Å². The maximum absolute atomic E-state index is 13.9. The largest absolute Gasteiger partial charge is 0.497 e. The summed E-state index contributed by atoms with van der Waals surface area (Å²) in [5.41, 5.74) is 1.80. The first-order valence-electron chi connectivity index (χ1n) is 12.3. The summed E-state index contributed by atoms with van der Waals surface area (Å²) in [6, 6.07) is 12.5. The van der Waals surface area contributed by atoms with Crippen LogP contribution in [0, 0.1) is 12.8 Å². The average Bonchev–Trinajstić information content (AvgIpc) is 3.56. The van der Waals surface area contributed by atoms with E-state index in [2.05, 4.69) is 0 Å². The molecule has 1 amide bonds. The highest BCUT2D eigenvalue weighted by Crippen LogP contribution is 2.34. The van der Waals surface area contributed by atoms with E-state index in [-0.39, 0.29) is 23.5 Å². The van der Waals surface area contributed by atoms with Crippen LogP contribution >= 0.6 is 11.3 Å². The molecule has 2 aromatic carbocycles. The van der Waals surface area contributed by atoms with Gasteiger partial charge >= 0.3 is 0 Å². The minimum absolute atomic E-state index is 0.0496. The number of amides is 1. The third-order valence-electron chi connectivity index (χ3n) is 6.88. The molecular formula is C26H31N3O5S2. The van der Waals surface area contributed by atoms with E-state index in [1.54, 1.807) is 36.3 Å². The fraction of sp³-hybridized carbons (Fsp3) is 0.462. The van der Waals surface area contributed by atoms with Gasteiger partial charge in [-0.05, 0) is 62.9 Å². The lowest BCUT2D eigenvalue weighted by Gasteiger charge is -2.34. The molecule has 192 valence electrons. The number of aryl methyl sites for hydroxylation is 1. The van der Waals surface area contributed by atoms with E-state index in [4.69, 9.17) is 14.5 Å². The summed E-state index contributed by atoms with van der Waals surface area (Å²) < 4.78 is 40.2. The number of hydrogen-bond donors (Lipinski definition) is 0. The lowest BCUT2D eigenvalue weighted by Crippen LogP contribution is -2.48. The van der Waals surface area contributed by atoms with Gasteiger partial charge in [-0.25, -0.2) is 13.4 Å². The Hall–Kier alpha value is -2.53. The molecule has 0 radical (unpaired) electrons. The Morgan fingerprint density at radius 2 is 2.00 bits per heavy atom. The molecule has 2 atom stereocenters. The number of piperidine rings is 1. The normalized spacial score (nSPS) is 21.1. The van der Waals surface area contributed by atoms with E-state index in [9.17, 15) is 13.2 Å². The monoisotopic (exact) mass is 529 g/mol. The number of hydrogen-bond acceptors (Lipinski definition) is 7.